The highest BCUT2D eigenvalue weighted by Crippen LogP contribution is 2.33. The van der Waals surface area contributed by atoms with Gasteiger partial charge in [-0.3, -0.25) is 0 Å². The van der Waals surface area contributed by atoms with Gasteiger partial charge in [-0.05, 0) is 56.7 Å². The number of aromatic nitrogens is 4. The molecule has 0 saturated carbocycles. The van der Waals surface area contributed by atoms with Crippen molar-refractivity contribution in [1.82, 2.24) is 19.7 Å². The second-order valence-corrected chi connectivity index (χ2v) is 8.19. The number of nitrogens with zero attached hydrogens (tertiary/aromatic N) is 4. The SMILES string of the molecule is COc1ccc(-c2nc(COc3cc(C)c4c(C)nn(-c5ccccc5)c4n3)c(C)o2)cc1OC. The van der Waals surface area contributed by atoms with Crippen LogP contribution in [0.25, 0.3) is 28.2 Å². The highest BCUT2D eigenvalue weighted by atomic mass is 16.5. The number of hydrogen-bond donors (Lipinski definition) is 0. The number of pyridine rings is 1. The van der Waals surface area contributed by atoms with Crippen LogP contribution < -0.4 is 14.2 Å². The molecule has 0 N–H and O–H groups in total. The van der Waals surface area contributed by atoms with E-state index in [1.165, 1.54) is 0 Å². The first-order valence-electron chi connectivity index (χ1n) is 11.2. The largest absolute Gasteiger partial charge is 0.493 e. The summed E-state index contributed by atoms with van der Waals surface area (Å²) in [5.74, 6) is 2.92. The number of fused-ring (bicyclic) bond motifs is 1. The maximum atomic E-state index is 6.07. The van der Waals surface area contributed by atoms with Crippen molar-refractivity contribution in [2.24, 2.45) is 0 Å². The number of benzene rings is 2. The zero-order valence-corrected chi connectivity index (χ0v) is 20.3. The van der Waals surface area contributed by atoms with Crippen LogP contribution >= 0.6 is 0 Å². The molecular formula is C27H26N4O4. The molecule has 0 amide bonds. The molecule has 0 unspecified atom stereocenters. The quantitative estimate of drug-likeness (QED) is 0.306. The van der Waals surface area contributed by atoms with Gasteiger partial charge in [-0.15, -0.1) is 0 Å². The standard InChI is InChI=1S/C27H26N4O4/c1-16-13-24(29-26-25(16)17(2)30-31(26)20-9-7-6-8-10-20)34-15-21-18(3)35-27(28-21)19-11-12-22(32-4)23(14-19)33-5/h6-14H,15H2,1-5H3. The predicted octanol–water partition coefficient (Wildman–Crippen LogP) is 5.60. The number of hydrogen-bond acceptors (Lipinski definition) is 7. The van der Waals surface area contributed by atoms with Gasteiger partial charge < -0.3 is 18.6 Å². The lowest BCUT2D eigenvalue weighted by atomic mass is 10.2. The average molecular weight is 471 g/mol. The van der Waals surface area contributed by atoms with Crippen molar-refractivity contribution in [1.29, 1.82) is 0 Å². The van der Waals surface area contributed by atoms with Gasteiger partial charge in [-0.25, -0.2) is 9.67 Å². The van der Waals surface area contributed by atoms with E-state index in [-0.39, 0.29) is 6.61 Å². The third-order valence-electron chi connectivity index (χ3n) is 5.87. The summed E-state index contributed by atoms with van der Waals surface area (Å²) in [7, 11) is 3.20. The van der Waals surface area contributed by atoms with Crippen molar-refractivity contribution in [2.75, 3.05) is 14.2 Å². The molecule has 0 aliphatic rings. The van der Waals surface area contributed by atoms with Crippen LogP contribution in [0.2, 0.25) is 0 Å². The Bertz CT molecular complexity index is 1510. The fourth-order valence-electron chi connectivity index (χ4n) is 4.09. The zero-order valence-electron chi connectivity index (χ0n) is 20.3. The van der Waals surface area contributed by atoms with Crippen LogP contribution in [0.15, 0.2) is 59.0 Å². The molecule has 178 valence electrons. The van der Waals surface area contributed by atoms with Crippen LogP contribution in [0.4, 0.5) is 0 Å². The molecule has 0 aliphatic heterocycles. The van der Waals surface area contributed by atoms with Gasteiger partial charge in [0, 0.05) is 17.0 Å². The summed E-state index contributed by atoms with van der Waals surface area (Å²) in [6, 6.07) is 17.4. The van der Waals surface area contributed by atoms with E-state index >= 15 is 0 Å². The van der Waals surface area contributed by atoms with Gasteiger partial charge in [0.2, 0.25) is 11.8 Å². The molecule has 0 spiro atoms. The Kier molecular flexibility index (Phi) is 5.86. The van der Waals surface area contributed by atoms with E-state index in [0.29, 0.717) is 34.7 Å². The summed E-state index contributed by atoms with van der Waals surface area (Å²) in [4.78, 5) is 9.42. The minimum Gasteiger partial charge on any atom is -0.493 e. The highest BCUT2D eigenvalue weighted by Gasteiger charge is 2.17. The summed E-state index contributed by atoms with van der Waals surface area (Å²) < 4.78 is 24.5. The minimum absolute atomic E-state index is 0.221. The van der Waals surface area contributed by atoms with Gasteiger partial charge in [0.15, 0.2) is 17.1 Å². The fourth-order valence-corrected chi connectivity index (χ4v) is 4.09. The third kappa shape index (κ3) is 4.19. The minimum atomic E-state index is 0.221. The molecule has 0 radical (unpaired) electrons. The molecule has 0 fully saturated rings. The summed E-state index contributed by atoms with van der Waals surface area (Å²) in [6.45, 7) is 6.12. The fraction of sp³-hybridized carbons (Fsp3) is 0.222. The van der Waals surface area contributed by atoms with Crippen molar-refractivity contribution >= 4 is 11.0 Å². The molecule has 3 aromatic heterocycles. The molecule has 0 saturated heterocycles. The van der Waals surface area contributed by atoms with E-state index in [9.17, 15) is 0 Å². The maximum absolute atomic E-state index is 6.07. The van der Waals surface area contributed by atoms with Gasteiger partial charge >= 0.3 is 0 Å². The Morgan fingerprint density at radius 1 is 0.886 bits per heavy atom. The van der Waals surface area contributed by atoms with Crippen molar-refractivity contribution in [3.8, 4) is 34.5 Å². The first kappa shape index (κ1) is 22.5. The summed E-state index contributed by atoms with van der Waals surface area (Å²) in [5.41, 5.74) is 5.16. The van der Waals surface area contributed by atoms with Crippen LogP contribution in [0.1, 0.15) is 22.7 Å². The number of aryl methyl sites for hydroxylation is 3. The smallest absolute Gasteiger partial charge is 0.226 e. The highest BCUT2D eigenvalue weighted by molar-refractivity contribution is 5.84. The van der Waals surface area contributed by atoms with E-state index in [4.69, 9.17) is 28.7 Å². The lowest BCUT2D eigenvalue weighted by molar-refractivity contribution is 0.288. The molecule has 0 aliphatic carbocycles. The summed E-state index contributed by atoms with van der Waals surface area (Å²) >= 11 is 0. The molecule has 8 nitrogen and oxygen atoms in total. The molecule has 35 heavy (non-hydrogen) atoms. The van der Waals surface area contributed by atoms with Crippen LogP contribution in [0.5, 0.6) is 17.4 Å². The van der Waals surface area contributed by atoms with Crippen molar-refractivity contribution in [2.45, 2.75) is 27.4 Å². The Hall–Kier alpha value is -4.33. The van der Waals surface area contributed by atoms with Gasteiger partial charge in [-0.1, -0.05) is 18.2 Å². The third-order valence-corrected chi connectivity index (χ3v) is 5.87. The first-order chi connectivity index (χ1) is 17.0. The monoisotopic (exact) mass is 470 g/mol. The molecular weight excluding hydrogens is 444 g/mol. The summed E-state index contributed by atoms with van der Waals surface area (Å²) in [5, 5.41) is 5.73. The molecule has 5 rings (SSSR count). The topological polar surface area (TPSA) is 84.4 Å². The van der Waals surface area contributed by atoms with Gasteiger partial charge in [0.05, 0.1) is 25.6 Å². The molecule has 0 bridgehead atoms. The van der Waals surface area contributed by atoms with Crippen LogP contribution in [0, 0.1) is 20.8 Å². The second-order valence-electron chi connectivity index (χ2n) is 8.19. The van der Waals surface area contributed by atoms with Crippen LogP contribution in [0.3, 0.4) is 0 Å². The van der Waals surface area contributed by atoms with Crippen LogP contribution in [-0.4, -0.2) is 34.0 Å². The van der Waals surface area contributed by atoms with E-state index in [1.54, 1.807) is 14.2 Å². The summed E-state index contributed by atoms with van der Waals surface area (Å²) in [6.07, 6.45) is 0. The van der Waals surface area contributed by atoms with Crippen molar-refractivity contribution in [3.63, 3.8) is 0 Å². The molecule has 8 heteroatoms. The van der Waals surface area contributed by atoms with Crippen LogP contribution in [-0.2, 0) is 6.61 Å². The lowest BCUT2D eigenvalue weighted by Gasteiger charge is -2.08. The van der Waals surface area contributed by atoms with Gasteiger partial charge in [0.25, 0.3) is 0 Å². The molecule has 5 aromatic rings. The van der Waals surface area contributed by atoms with Crippen molar-refractivity contribution in [3.05, 3.63) is 77.3 Å². The molecule has 0 atom stereocenters. The van der Waals surface area contributed by atoms with Gasteiger partial charge in [-0.2, -0.15) is 10.1 Å². The lowest BCUT2D eigenvalue weighted by Crippen LogP contribution is -2.02. The predicted molar refractivity (Wildman–Crippen MR) is 132 cm³/mol. The maximum Gasteiger partial charge on any atom is 0.226 e. The number of rotatable bonds is 7. The Morgan fingerprint density at radius 3 is 2.40 bits per heavy atom. The second kappa shape index (κ2) is 9.13. The van der Waals surface area contributed by atoms with E-state index in [2.05, 4.69) is 4.98 Å². The first-order valence-corrected chi connectivity index (χ1v) is 11.2. The normalized spacial score (nSPS) is 11.1. The number of para-hydroxylation sites is 1. The molecule has 3 heterocycles. The Labute approximate surface area is 203 Å². The number of methoxy groups -OCH3 is 2. The van der Waals surface area contributed by atoms with E-state index in [1.807, 2.05) is 80.1 Å². The van der Waals surface area contributed by atoms with E-state index < -0.39 is 0 Å². The number of ether oxygens (including phenoxy) is 3. The zero-order chi connectivity index (χ0) is 24.5. The van der Waals surface area contributed by atoms with Gasteiger partial charge in [0.1, 0.15) is 18.1 Å². The van der Waals surface area contributed by atoms with Crippen molar-refractivity contribution < 1.29 is 18.6 Å². The average Bonchev–Trinajstić information content (AvgIpc) is 3.42. The number of oxazole rings is 1. The molecule has 2 aromatic carbocycles. The Balaban J connectivity index is 1.43. The van der Waals surface area contributed by atoms with E-state index in [0.717, 1.165) is 33.5 Å². The Morgan fingerprint density at radius 2 is 1.66 bits per heavy atom.